The highest BCUT2D eigenvalue weighted by molar-refractivity contribution is 5.55. The summed E-state index contributed by atoms with van der Waals surface area (Å²) in [6, 6.07) is 7.38. The van der Waals surface area contributed by atoms with Gasteiger partial charge in [-0.05, 0) is 64.0 Å². The van der Waals surface area contributed by atoms with Crippen molar-refractivity contribution in [1.29, 1.82) is 0 Å². The van der Waals surface area contributed by atoms with Crippen molar-refractivity contribution in [1.82, 2.24) is 4.90 Å². The van der Waals surface area contributed by atoms with Crippen LogP contribution in [0.4, 0.5) is 5.69 Å². The lowest BCUT2D eigenvalue weighted by molar-refractivity contribution is 0.337. The molecule has 2 rings (SSSR count). The first-order valence-corrected chi connectivity index (χ1v) is 7.36. The van der Waals surface area contributed by atoms with Crippen LogP contribution in [0, 0.1) is 6.92 Å². The molecule has 1 aromatic carbocycles. The molecule has 0 aliphatic carbocycles. The van der Waals surface area contributed by atoms with E-state index in [0.717, 1.165) is 26.1 Å². The van der Waals surface area contributed by atoms with E-state index in [4.69, 9.17) is 5.73 Å². The molecule has 0 amide bonds. The normalized spacial score (nSPS) is 21.5. The first kappa shape index (κ1) is 14.4. The average molecular weight is 261 g/mol. The molecule has 2 N–H and O–H groups in total. The SMILES string of the molecule is Cc1cc(CCN)ccc1N1CCCN(C)CC1C. The third kappa shape index (κ3) is 3.48. The van der Waals surface area contributed by atoms with Crippen LogP contribution in [0.1, 0.15) is 24.5 Å². The Hall–Kier alpha value is -1.06. The van der Waals surface area contributed by atoms with Gasteiger partial charge in [0.15, 0.2) is 0 Å². The van der Waals surface area contributed by atoms with E-state index < -0.39 is 0 Å². The van der Waals surface area contributed by atoms with E-state index in [1.807, 2.05) is 0 Å². The molecule has 1 aliphatic rings. The van der Waals surface area contributed by atoms with Gasteiger partial charge in [0.05, 0.1) is 0 Å². The number of rotatable bonds is 3. The van der Waals surface area contributed by atoms with Crippen LogP contribution in [0.2, 0.25) is 0 Å². The lowest BCUT2D eigenvalue weighted by atomic mass is 10.1. The van der Waals surface area contributed by atoms with Gasteiger partial charge in [-0.2, -0.15) is 0 Å². The van der Waals surface area contributed by atoms with Crippen molar-refractivity contribution in [3.63, 3.8) is 0 Å². The first-order chi connectivity index (χ1) is 9.11. The maximum absolute atomic E-state index is 5.63. The highest BCUT2D eigenvalue weighted by atomic mass is 15.2. The summed E-state index contributed by atoms with van der Waals surface area (Å²) in [6.45, 7) is 8.77. The zero-order valence-corrected chi connectivity index (χ0v) is 12.5. The zero-order valence-electron chi connectivity index (χ0n) is 12.5. The minimum Gasteiger partial charge on any atom is -0.367 e. The summed E-state index contributed by atoms with van der Waals surface area (Å²) in [7, 11) is 2.22. The quantitative estimate of drug-likeness (QED) is 0.903. The molecule has 1 saturated heterocycles. The van der Waals surface area contributed by atoms with Crippen LogP contribution in [0.3, 0.4) is 0 Å². The summed E-state index contributed by atoms with van der Waals surface area (Å²) in [5.74, 6) is 0. The largest absolute Gasteiger partial charge is 0.367 e. The zero-order chi connectivity index (χ0) is 13.8. The second kappa shape index (κ2) is 6.40. The van der Waals surface area contributed by atoms with Crippen LogP contribution >= 0.6 is 0 Å². The number of likely N-dealkylation sites (N-methyl/N-ethyl adjacent to an activating group) is 1. The van der Waals surface area contributed by atoms with Gasteiger partial charge < -0.3 is 15.5 Å². The lowest BCUT2D eigenvalue weighted by Gasteiger charge is -2.31. The van der Waals surface area contributed by atoms with Gasteiger partial charge in [-0.3, -0.25) is 0 Å². The molecule has 1 fully saturated rings. The summed E-state index contributed by atoms with van der Waals surface area (Å²) in [6.07, 6.45) is 2.21. The molecule has 1 aromatic rings. The van der Waals surface area contributed by atoms with Gasteiger partial charge >= 0.3 is 0 Å². The number of nitrogens with two attached hydrogens (primary N) is 1. The molecular formula is C16H27N3. The molecule has 0 saturated carbocycles. The first-order valence-electron chi connectivity index (χ1n) is 7.36. The van der Waals surface area contributed by atoms with Crippen LogP contribution in [-0.4, -0.2) is 44.2 Å². The monoisotopic (exact) mass is 261 g/mol. The van der Waals surface area contributed by atoms with Gasteiger partial charge in [-0.15, -0.1) is 0 Å². The molecule has 1 unspecified atom stereocenters. The van der Waals surface area contributed by atoms with Crippen molar-refractivity contribution in [2.45, 2.75) is 32.7 Å². The highest BCUT2D eigenvalue weighted by Gasteiger charge is 2.20. The fourth-order valence-electron chi connectivity index (χ4n) is 3.09. The van der Waals surface area contributed by atoms with E-state index in [2.05, 4.69) is 48.9 Å². The molecule has 0 aromatic heterocycles. The molecule has 0 radical (unpaired) electrons. The van der Waals surface area contributed by atoms with Gasteiger partial charge in [0.25, 0.3) is 0 Å². The van der Waals surface area contributed by atoms with Crippen LogP contribution in [0.25, 0.3) is 0 Å². The summed E-state index contributed by atoms with van der Waals surface area (Å²) in [5, 5.41) is 0. The van der Waals surface area contributed by atoms with Gasteiger partial charge in [0.1, 0.15) is 0 Å². The van der Waals surface area contributed by atoms with Crippen molar-refractivity contribution in [2.75, 3.05) is 38.1 Å². The fourth-order valence-corrected chi connectivity index (χ4v) is 3.09. The Morgan fingerprint density at radius 1 is 1.32 bits per heavy atom. The van der Waals surface area contributed by atoms with E-state index in [9.17, 15) is 0 Å². The van der Waals surface area contributed by atoms with Crippen molar-refractivity contribution in [3.05, 3.63) is 29.3 Å². The Kier molecular flexibility index (Phi) is 4.83. The van der Waals surface area contributed by atoms with Crippen molar-refractivity contribution in [3.8, 4) is 0 Å². The Balaban J connectivity index is 2.20. The van der Waals surface area contributed by atoms with Gasteiger partial charge in [-0.1, -0.05) is 12.1 Å². The molecular weight excluding hydrogens is 234 g/mol. The number of hydrogen-bond acceptors (Lipinski definition) is 3. The Morgan fingerprint density at radius 3 is 2.79 bits per heavy atom. The van der Waals surface area contributed by atoms with E-state index >= 15 is 0 Å². The maximum Gasteiger partial charge on any atom is 0.0398 e. The van der Waals surface area contributed by atoms with Crippen LogP contribution in [0.15, 0.2) is 18.2 Å². The molecule has 1 atom stereocenters. The van der Waals surface area contributed by atoms with Crippen molar-refractivity contribution >= 4 is 5.69 Å². The number of benzene rings is 1. The summed E-state index contributed by atoms with van der Waals surface area (Å²) < 4.78 is 0. The smallest absolute Gasteiger partial charge is 0.0398 e. The Bertz CT molecular complexity index is 416. The minimum absolute atomic E-state index is 0.576. The molecule has 0 bridgehead atoms. The summed E-state index contributed by atoms with van der Waals surface area (Å²) in [4.78, 5) is 4.99. The number of nitrogens with zero attached hydrogens (tertiary/aromatic N) is 2. The highest BCUT2D eigenvalue weighted by Crippen LogP contribution is 2.25. The van der Waals surface area contributed by atoms with Crippen LogP contribution in [-0.2, 0) is 6.42 Å². The second-order valence-corrected chi connectivity index (χ2v) is 5.82. The van der Waals surface area contributed by atoms with Crippen LogP contribution in [0.5, 0.6) is 0 Å². The molecule has 3 heteroatoms. The second-order valence-electron chi connectivity index (χ2n) is 5.82. The lowest BCUT2D eigenvalue weighted by Crippen LogP contribution is -2.38. The summed E-state index contributed by atoms with van der Waals surface area (Å²) >= 11 is 0. The number of anilines is 1. The minimum atomic E-state index is 0.576. The molecule has 0 spiro atoms. The van der Waals surface area contributed by atoms with Crippen molar-refractivity contribution in [2.24, 2.45) is 5.73 Å². The van der Waals surface area contributed by atoms with E-state index in [1.54, 1.807) is 0 Å². The number of hydrogen-bond donors (Lipinski definition) is 1. The third-order valence-electron chi connectivity index (χ3n) is 4.05. The molecule has 3 nitrogen and oxygen atoms in total. The van der Waals surface area contributed by atoms with Crippen LogP contribution < -0.4 is 10.6 Å². The predicted molar refractivity (Wildman–Crippen MR) is 82.9 cm³/mol. The Morgan fingerprint density at radius 2 is 2.11 bits per heavy atom. The number of aryl methyl sites for hydroxylation is 1. The Labute approximate surface area is 117 Å². The van der Waals surface area contributed by atoms with Gasteiger partial charge in [-0.25, -0.2) is 0 Å². The van der Waals surface area contributed by atoms with E-state index in [-0.39, 0.29) is 0 Å². The topological polar surface area (TPSA) is 32.5 Å². The van der Waals surface area contributed by atoms with Crippen molar-refractivity contribution < 1.29 is 0 Å². The van der Waals surface area contributed by atoms with Gasteiger partial charge in [0, 0.05) is 24.8 Å². The van der Waals surface area contributed by atoms with E-state index in [0.29, 0.717) is 6.04 Å². The molecule has 106 valence electrons. The molecule has 1 heterocycles. The maximum atomic E-state index is 5.63. The summed E-state index contributed by atoms with van der Waals surface area (Å²) in [5.41, 5.74) is 9.75. The van der Waals surface area contributed by atoms with E-state index in [1.165, 1.54) is 29.8 Å². The molecule has 19 heavy (non-hydrogen) atoms. The third-order valence-corrected chi connectivity index (χ3v) is 4.05. The average Bonchev–Trinajstić information content (AvgIpc) is 2.51. The fraction of sp³-hybridized carbons (Fsp3) is 0.625. The standard InChI is InChI=1S/C16H27N3/c1-13-11-15(7-8-17)5-6-16(13)19-10-4-9-18(3)12-14(19)2/h5-6,11,14H,4,7-10,12,17H2,1-3H3. The molecule has 1 aliphatic heterocycles. The van der Waals surface area contributed by atoms with Gasteiger partial charge in [0.2, 0.25) is 0 Å². The predicted octanol–water partition coefficient (Wildman–Crippen LogP) is 2.03.